The van der Waals surface area contributed by atoms with Crippen LogP contribution in [0.1, 0.15) is 5.56 Å². The number of thioether (sulfide) groups is 1. The van der Waals surface area contributed by atoms with E-state index in [1.807, 2.05) is 42.5 Å². The number of carbonyl (C=O) groups excluding carboxylic acids is 2. The van der Waals surface area contributed by atoms with E-state index in [0.29, 0.717) is 9.47 Å². The second-order valence-electron chi connectivity index (χ2n) is 4.99. The Bertz CT molecular complexity index is 889. The van der Waals surface area contributed by atoms with Crippen LogP contribution in [0.5, 0.6) is 0 Å². The van der Waals surface area contributed by atoms with E-state index in [4.69, 9.17) is 5.73 Å². The number of nitrogens with two attached hydrogens (primary N) is 1. The van der Waals surface area contributed by atoms with Crippen LogP contribution in [-0.2, 0) is 16.0 Å². The highest BCUT2D eigenvalue weighted by atomic mass is 32.2. The van der Waals surface area contributed by atoms with Crippen molar-refractivity contribution in [3.63, 3.8) is 0 Å². The molecule has 0 fully saturated rings. The predicted molar refractivity (Wildman–Crippen MR) is 96.1 cm³/mol. The van der Waals surface area contributed by atoms with Crippen molar-refractivity contribution in [3.8, 4) is 0 Å². The Balaban J connectivity index is 1.66. The number of hydrogen-bond acceptors (Lipinski definition) is 6. The minimum absolute atomic E-state index is 0.137. The molecule has 2 amide bonds. The number of anilines is 1. The van der Waals surface area contributed by atoms with Crippen molar-refractivity contribution in [2.24, 2.45) is 5.73 Å². The fraction of sp³-hybridized carbons (Fsp3) is 0.125. The Labute approximate surface area is 146 Å². The van der Waals surface area contributed by atoms with Crippen LogP contribution in [0.2, 0.25) is 0 Å². The van der Waals surface area contributed by atoms with Gasteiger partial charge < -0.3 is 11.1 Å². The normalized spacial score (nSPS) is 10.7. The summed E-state index contributed by atoms with van der Waals surface area (Å²) in [6, 6.07) is 13.8. The number of rotatable bonds is 6. The summed E-state index contributed by atoms with van der Waals surface area (Å²) in [5.74, 6) is -0.441. The Kier molecular flexibility index (Phi) is 5.07. The van der Waals surface area contributed by atoms with E-state index >= 15 is 0 Å². The molecule has 8 heteroatoms. The Morgan fingerprint density at radius 1 is 1.12 bits per heavy atom. The van der Waals surface area contributed by atoms with Crippen molar-refractivity contribution in [3.05, 3.63) is 48.0 Å². The molecular weight excluding hydrogens is 344 g/mol. The quantitative estimate of drug-likeness (QED) is 0.521. The number of aromatic nitrogens is 2. The highest BCUT2D eigenvalue weighted by Crippen LogP contribution is 2.25. The molecule has 122 valence electrons. The molecule has 3 N–H and O–H groups in total. The van der Waals surface area contributed by atoms with Gasteiger partial charge in [0.1, 0.15) is 0 Å². The minimum atomic E-state index is -0.420. The molecule has 0 radical (unpaired) electrons. The standard InChI is InChI=1S/C16H14N4O2S2/c17-13(21)9-23-16-20-19-15(24-16)18-14(22)8-11-6-3-5-10-4-1-2-7-12(10)11/h1-7H,8-9H2,(H2,17,21)(H,18,19,22). The summed E-state index contributed by atoms with van der Waals surface area (Å²) in [6.07, 6.45) is 0.255. The number of nitrogens with one attached hydrogen (secondary N) is 1. The SMILES string of the molecule is NC(=O)CSc1nnc(NC(=O)Cc2cccc3ccccc23)s1. The van der Waals surface area contributed by atoms with Crippen molar-refractivity contribution in [2.75, 3.05) is 11.1 Å². The maximum atomic E-state index is 12.2. The molecule has 0 saturated carbocycles. The molecule has 0 saturated heterocycles. The first-order valence-electron chi connectivity index (χ1n) is 7.13. The van der Waals surface area contributed by atoms with Gasteiger partial charge in [0.15, 0.2) is 4.34 Å². The Morgan fingerprint density at radius 3 is 2.75 bits per heavy atom. The number of nitrogens with zero attached hydrogens (tertiary/aromatic N) is 2. The smallest absolute Gasteiger partial charge is 0.230 e. The highest BCUT2D eigenvalue weighted by molar-refractivity contribution is 8.01. The summed E-state index contributed by atoms with van der Waals surface area (Å²) in [4.78, 5) is 23.0. The van der Waals surface area contributed by atoms with E-state index in [9.17, 15) is 9.59 Å². The van der Waals surface area contributed by atoms with Crippen LogP contribution in [-0.4, -0.2) is 27.8 Å². The maximum absolute atomic E-state index is 12.2. The van der Waals surface area contributed by atoms with Gasteiger partial charge in [0.25, 0.3) is 0 Å². The lowest BCUT2D eigenvalue weighted by Crippen LogP contribution is -2.14. The number of carbonyl (C=O) groups is 2. The van der Waals surface area contributed by atoms with Gasteiger partial charge in [-0.05, 0) is 16.3 Å². The molecule has 3 rings (SSSR count). The molecular formula is C16H14N4O2S2. The number of hydrogen-bond donors (Lipinski definition) is 2. The maximum Gasteiger partial charge on any atom is 0.230 e. The van der Waals surface area contributed by atoms with E-state index in [1.54, 1.807) is 0 Å². The summed E-state index contributed by atoms with van der Waals surface area (Å²) in [5, 5.41) is 13.1. The molecule has 1 heterocycles. The van der Waals surface area contributed by atoms with Gasteiger partial charge in [-0.1, -0.05) is 65.6 Å². The van der Waals surface area contributed by atoms with Crippen LogP contribution < -0.4 is 11.1 Å². The zero-order valence-corrected chi connectivity index (χ0v) is 14.2. The number of amides is 2. The zero-order chi connectivity index (χ0) is 16.9. The number of primary amides is 1. The van der Waals surface area contributed by atoms with Crippen LogP contribution >= 0.6 is 23.1 Å². The summed E-state index contributed by atoms with van der Waals surface area (Å²) < 4.78 is 0.592. The topological polar surface area (TPSA) is 98.0 Å². The third-order valence-electron chi connectivity index (χ3n) is 3.22. The zero-order valence-electron chi connectivity index (χ0n) is 12.6. The first-order chi connectivity index (χ1) is 11.6. The van der Waals surface area contributed by atoms with Crippen LogP contribution in [0.15, 0.2) is 46.8 Å². The fourth-order valence-electron chi connectivity index (χ4n) is 2.23. The van der Waals surface area contributed by atoms with Gasteiger partial charge in [-0.15, -0.1) is 10.2 Å². The first-order valence-corrected chi connectivity index (χ1v) is 8.93. The summed E-state index contributed by atoms with van der Waals surface area (Å²) in [7, 11) is 0. The molecule has 0 aliphatic rings. The van der Waals surface area contributed by atoms with Crippen molar-refractivity contribution in [1.82, 2.24) is 10.2 Å². The van der Waals surface area contributed by atoms with Gasteiger partial charge in [0.05, 0.1) is 12.2 Å². The lowest BCUT2D eigenvalue weighted by atomic mass is 10.0. The molecule has 0 bridgehead atoms. The third kappa shape index (κ3) is 4.09. The summed E-state index contributed by atoms with van der Waals surface area (Å²) in [6.45, 7) is 0. The van der Waals surface area contributed by atoms with Crippen molar-refractivity contribution >= 4 is 50.8 Å². The van der Waals surface area contributed by atoms with Crippen molar-refractivity contribution < 1.29 is 9.59 Å². The Hall–Kier alpha value is -2.45. The largest absolute Gasteiger partial charge is 0.369 e. The third-order valence-corrected chi connectivity index (χ3v) is 5.22. The van der Waals surface area contributed by atoms with Crippen LogP contribution in [0.4, 0.5) is 5.13 Å². The summed E-state index contributed by atoms with van der Waals surface area (Å²) in [5.41, 5.74) is 6.04. The van der Waals surface area contributed by atoms with Gasteiger partial charge in [-0.25, -0.2) is 0 Å². The lowest BCUT2D eigenvalue weighted by molar-refractivity contribution is -0.116. The Morgan fingerprint density at radius 2 is 1.92 bits per heavy atom. The molecule has 0 atom stereocenters. The second-order valence-corrected chi connectivity index (χ2v) is 7.19. The van der Waals surface area contributed by atoms with E-state index in [2.05, 4.69) is 15.5 Å². The predicted octanol–water partition coefficient (Wildman–Crippen LogP) is 2.45. The van der Waals surface area contributed by atoms with Crippen LogP contribution in [0.25, 0.3) is 10.8 Å². The monoisotopic (exact) mass is 358 g/mol. The van der Waals surface area contributed by atoms with Gasteiger partial charge >= 0.3 is 0 Å². The van der Waals surface area contributed by atoms with Crippen LogP contribution in [0, 0.1) is 0 Å². The molecule has 3 aromatic rings. The van der Waals surface area contributed by atoms with Gasteiger partial charge in [0.2, 0.25) is 16.9 Å². The molecule has 0 spiro atoms. The van der Waals surface area contributed by atoms with Crippen molar-refractivity contribution in [1.29, 1.82) is 0 Å². The van der Waals surface area contributed by atoms with E-state index < -0.39 is 5.91 Å². The number of benzene rings is 2. The van der Waals surface area contributed by atoms with E-state index in [0.717, 1.165) is 16.3 Å². The van der Waals surface area contributed by atoms with Gasteiger partial charge in [-0.2, -0.15) is 0 Å². The summed E-state index contributed by atoms with van der Waals surface area (Å²) >= 11 is 2.42. The molecule has 1 aromatic heterocycles. The average molecular weight is 358 g/mol. The molecule has 0 unspecified atom stereocenters. The van der Waals surface area contributed by atoms with E-state index in [1.165, 1.54) is 23.1 Å². The number of fused-ring (bicyclic) bond motifs is 1. The molecule has 24 heavy (non-hydrogen) atoms. The minimum Gasteiger partial charge on any atom is -0.369 e. The first kappa shape index (κ1) is 16.4. The molecule has 6 nitrogen and oxygen atoms in total. The van der Waals surface area contributed by atoms with Crippen molar-refractivity contribution in [2.45, 2.75) is 10.8 Å². The van der Waals surface area contributed by atoms with Crippen LogP contribution in [0.3, 0.4) is 0 Å². The fourth-order valence-corrected chi connectivity index (χ4v) is 3.74. The molecule has 2 aromatic carbocycles. The highest BCUT2D eigenvalue weighted by Gasteiger charge is 2.11. The van der Waals surface area contributed by atoms with E-state index in [-0.39, 0.29) is 18.1 Å². The van der Waals surface area contributed by atoms with Gasteiger partial charge in [-0.3, -0.25) is 9.59 Å². The molecule has 0 aliphatic heterocycles. The van der Waals surface area contributed by atoms with Gasteiger partial charge in [0, 0.05) is 0 Å². The average Bonchev–Trinajstić information content (AvgIpc) is 3.00. The molecule has 0 aliphatic carbocycles. The lowest BCUT2D eigenvalue weighted by Gasteiger charge is -2.06. The second kappa shape index (κ2) is 7.41.